The summed E-state index contributed by atoms with van der Waals surface area (Å²) in [6.07, 6.45) is -5.12. The molecule has 6 rings (SSSR count). The number of amides is 1. The number of anilines is 1. The number of carbonyl (C=O) groups is 1. The maximum atomic E-state index is 14.0. The number of hydrogen-bond acceptors (Lipinski definition) is 6. The van der Waals surface area contributed by atoms with E-state index < -0.39 is 30.2 Å². The van der Waals surface area contributed by atoms with E-state index in [9.17, 15) is 26.7 Å². The quantitative estimate of drug-likeness (QED) is 0.260. The van der Waals surface area contributed by atoms with Crippen molar-refractivity contribution in [2.24, 2.45) is 0 Å². The fourth-order valence-electron chi connectivity index (χ4n) is 4.99. The first-order valence-corrected chi connectivity index (χ1v) is 12.5. The van der Waals surface area contributed by atoms with Crippen LogP contribution in [0, 0.1) is 0 Å². The van der Waals surface area contributed by atoms with Gasteiger partial charge in [0.05, 0.1) is 17.6 Å². The van der Waals surface area contributed by atoms with Gasteiger partial charge in [0, 0.05) is 36.1 Å². The van der Waals surface area contributed by atoms with Crippen LogP contribution < -0.4 is 19.1 Å². The Labute approximate surface area is 229 Å². The van der Waals surface area contributed by atoms with Gasteiger partial charge in [-0.2, -0.15) is 18.3 Å². The van der Waals surface area contributed by atoms with Crippen molar-refractivity contribution in [1.82, 2.24) is 14.8 Å². The molecule has 0 saturated carbocycles. The van der Waals surface area contributed by atoms with Gasteiger partial charge in [0.25, 0.3) is 5.91 Å². The molecular formula is C28H21F5N4O4. The topological polar surface area (TPSA) is 78.7 Å². The van der Waals surface area contributed by atoms with Crippen molar-refractivity contribution in [2.75, 3.05) is 11.9 Å². The van der Waals surface area contributed by atoms with Crippen molar-refractivity contribution >= 4 is 11.6 Å². The Morgan fingerprint density at radius 2 is 1.90 bits per heavy atom. The van der Waals surface area contributed by atoms with Crippen LogP contribution in [-0.2, 0) is 12.6 Å². The molecule has 2 aromatic heterocycles. The summed E-state index contributed by atoms with van der Waals surface area (Å²) in [5.74, 6) is -0.548. The van der Waals surface area contributed by atoms with E-state index in [0.29, 0.717) is 18.6 Å². The average molecular weight is 572 g/mol. The van der Waals surface area contributed by atoms with E-state index in [1.54, 1.807) is 24.4 Å². The third kappa shape index (κ3) is 5.03. The number of halogens is 5. The van der Waals surface area contributed by atoms with Crippen LogP contribution in [0.4, 0.5) is 27.6 Å². The fourth-order valence-corrected chi connectivity index (χ4v) is 4.99. The number of fused-ring (bicyclic) bond motifs is 2. The lowest BCUT2D eigenvalue weighted by molar-refractivity contribution is -0.286. The Morgan fingerprint density at radius 1 is 1.10 bits per heavy atom. The van der Waals surface area contributed by atoms with Gasteiger partial charge in [-0.3, -0.25) is 9.78 Å². The van der Waals surface area contributed by atoms with Crippen LogP contribution in [0.25, 0.3) is 5.69 Å². The van der Waals surface area contributed by atoms with Crippen LogP contribution in [0.15, 0.2) is 67.0 Å². The Morgan fingerprint density at radius 3 is 2.66 bits per heavy atom. The minimum Gasteiger partial charge on any atom is -0.482 e. The number of alkyl halides is 5. The number of pyridine rings is 1. The van der Waals surface area contributed by atoms with E-state index in [2.05, 4.69) is 19.6 Å². The standard InChI is InChI=1S/C28H21F5N4O4/c1-36(17-10-11-21-23(14-17)41-28(32,33)40-21)26(38)16-5-2-6-18(13-16)37-24-20(25(35-37)27(29,30)31)8-3-9-22(24)39-19-7-4-12-34-15-19/h2,4-7,10-15,22H,3,8-9H2,1H3. The number of benzene rings is 2. The summed E-state index contributed by atoms with van der Waals surface area (Å²) in [7, 11) is 1.43. The van der Waals surface area contributed by atoms with Gasteiger partial charge in [-0.05, 0) is 61.7 Å². The zero-order valence-corrected chi connectivity index (χ0v) is 21.4. The number of nitrogens with zero attached hydrogens (tertiary/aromatic N) is 4. The molecule has 1 atom stereocenters. The second kappa shape index (κ2) is 9.75. The maximum Gasteiger partial charge on any atom is 0.586 e. The zero-order chi connectivity index (χ0) is 28.9. The molecule has 8 nitrogen and oxygen atoms in total. The normalized spacial score (nSPS) is 17.2. The van der Waals surface area contributed by atoms with Gasteiger partial charge < -0.3 is 19.1 Å². The van der Waals surface area contributed by atoms with Crippen LogP contribution in [-0.4, -0.2) is 34.0 Å². The molecule has 0 radical (unpaired) electrons. The molecule has 0 bridgehead atoms. The third-order valence-corrected chi connectivity index (χ3v) is 6.82. The zero-order valence-electron chi connectivity index (χ0n) is 21.4. The fraction of sp³-hybridized carbons (Fsp3) is 0.250. The smallest absolute Gasteiger partial charge is 0.482 e. The molecule has 2 aliphatic rings. The molecule has 212 valence electrons. The van der Waals surface area contributed by atoms with Crippen LogP contribution in [0.1, 0.15) is 46.3 Å². The summed E-state index contributed by atoms with van der Waals surface area (Å²) >= 11 is 0. The van der Waals surface area contributed by atoms with E-state index in [1.807, 2.05) is 0 Å². The van der Waals surface area contributed by atoms with Crippen LogP contribution >= 0.6 is 0 Å². The molecule has 0 N–H and O–H groups in total. The molecule has 2 aromatic carbocycles. The van der Waals surface area contributed by atoms with Crippen molar-refractivity contribution in [3.8, 4) is 22.9 Å². The van der Waals surface area contributed by atoms with E-state index in [-0.39, 0.29) is 46.1 Å². The lowest BCUT2D eigenvalue weighted by Gasteiger charge is -2.25. The molecule has 41 heavy (non-hydrogen) atoms. The Hall–Kier alpha value is -4.68. The summed E-state index contributed by atoms with van der Waals surface area (Å²) in [6.45, 7) is 0. The molecule has 1 aliphatic carbocycles. The summed E-state index contributed by atoms with van der Waals surface area (Å²) in [6, 6.07) is 13.2. The second-order valence-corrected chi connectivity index (χ2v) is 9.52. The number of hydrogen-bond donors (Lipinski definition) is 0. The SMILES string of the molecule is CN(C(=O)c1cccc(-n2nc(C(F)(F)F)c3c2C(Oc2cccnc2)CCC3)c1)c1ccc2c(c1)OC(F)(F)O2. The third-order valence-electron chi connectivity index (χ3n) is 6.82. The van der Waals surface area contributed by atoms with Crippen molar-refractivity contribution in [3.63, 3.8) is 0 Å². The highest BCUT2D eigenvalue weighted by Crippen LogP contribution is 2.44. The van der Waals surface area contributed by atoms with Gasteiger partial charge in [0.1, 0.15) is 11.9 Å². The first-order valence-electron chi connectivity index (χ1n) is 12.5. The second-order valence-electron chi connectivity index (χ2n) is 9.52. The van der Waals surface area contributed by atoms with Crippen molar-refractivity contribution < 1.29 is 41.0 Å². The predicted octanol–water partition coefficient (Wildman–Crippen LogP) is 6.34. The summed E-state index contributed by atoms with van der Waals surface area (Å²) in [5, 5.41) is 3.95. The van der Waals surface area contributed by atoms with Gasteiger partial charge in [-0.1, -0.05) is 6.07 Å². The minimum atomic E-state index is -4.70. The largest absolute Gasteiger partial charge is 0.586 e. The molecule has 1 amide bonds. The lowest BCUT2D eigenvalue weighted by Crippen LogP contribution is -2.26. The summed E-state index contributed by atoms with van der Waals surface area (Å²) in [4.78, 5) is 18.6. The van der Waals surface area contributed by atoms with Gasteiger partial charge in [0.15, 0.2) is 17.2 Å². The van der Waals surface area contributed by atoms with Gasteiger partial charge in [0.2, 0.25) is 0 Å². The Balaban J connectivity index is 1.36. The molecule has 13 heteroatoms. The van der Waals surface area contributed by atoms with Crippen LogP contribution in [0.5, 0.6) is 17.2 Å². The lowest BCUT2D eigenvalue weighted by atomic mass is 9.93. The van der Waals surface area contributed by atoms with E-state index in [0.717, 1.165) is 0 Å². The van der Waals surface area contributed by atoms with E-state index >= 15 is 0 Å². The summed E-state index contributed by atoms with van der Waals surface area (Å²) < 4.78 is 85.1. The predicted molar refractivity (Wildman–Crippen MR) is 134 cm³/mol. The highest BCUT2D eigenvalue weighted by atomic mass is 19.4. The number of carbonyl (C=O) groups excluding carboxylic acids is 1. The highest BCUT2D eigenvalue weighted by molar-refractivity contribution is 6.06. The van der Waals surface area contributed by atoms with Crippen molar-refractivity contribution in [3.05, 3.63) is 89.5 Å². The number of aromatic nitrogens is 3. The minimum absolute atomic E-state index is 0.0450. The Bertz CT molecular complexity index is 1620. The van der Waals surface area contributed by atoms with Crippen molar-refractivity contribution in [1.29, 1.82) is 0 Å². The highest BCUT2D eigenvalue weighted by Gasteiger charge is 2.44. The molecule has 3 heterocycles. The molecule has 1 unspecified atom stereocenters. The number of rotatable bonds is 5. The number of ether oxygens (including phenoxy) is 3. The van der Waals surface area contributed by atoms with Gasteiger partial charge >= 0.3 is 12.5 Å². The molecule has 4 aromatic rings. The van der Waals surface area contributed by atoms with Crippen LogP contribution in [0.3, 0.4) is 0 Å². The maximum absolute atomic E-state index is 14.0. The first kappa shape index (κ1) is 26.5. The first-order chi connectivity index (χ1) is 19.5. The summed E-state index contributed by atoms with van der Waals surface area (Å²) in [5.41, 5.74) is -0.112. The van der Waals surface area contributed by atoms with E-state index in [1.165, 1.54) is 59.2 Å². The van der Waals surface area contributed by atoms with E-state index in [4.69, 9.17) is 4.74 Å². The molecule has 1 aliphatic heterocycles. The average Bonchev–Trinajstić information content (AvgIpc) is 3.49. The van der Waals surface area contributed by atoms with Crippen molar-refractivity contribution in [2.45, 2.75) is 37.8 Å². The molecular weight excluding hydrogens is 551 g/mol. The monoisotopic (exact) mass is 572 g/mol. The molecule has 0 fully saturated rings. The molecule has 0 saturated heterocycles. The van der Waals surface area contributed by atoms with Crippen LogP contribution in [0.2, 0.25) is 0 Å². The van der Waals surface area contributed by atoms with Gasteiger partial charge in [-0.15, -0.1) is 8.78 Å². The Kier molecular flexibility index (Phi) is 6.31. The molecule has 0 spiro atoms. The van der Waals surface area contributed by atoms with Gasteiger partial charge in [-0.25, -0.2) is 4.68 Å².